The number of aryl methyl sites for hydroxylation is 1. The van der Waals surface area contributed by atoms with Crippen LogP contribution in [0.4, 0.5) is 0 Å². The van der Waals surface area contributed by atoms with Crippen LogP contribution >= 0.6 is 0 Å². The standard InChI is InChI=1S/C14H16N4/c1-4-18-13(7-8-16-18)14-11(9-15)5-6-12(17-14)10(2)3/h5-8,10H,4H2,1-3H3. The molecule has 4 nitrogen and oxygen atoms in total. The molecule has 0 atom stereocenters. The molecular weight excluding hydrogens is 224 g/mol. The number of nitriles is 1. The van der Waals surface area contributed by atoms with Crippen LogP contribution < -0.4 is 0 Å². The summed E-state index contributed by atoms with van der Waals surface area (Å²) in [7, 11) is 0. The summed E-state index contributed by atoms with van der Waals surface area (Å²) in [4.78, 5) is 4.61. The average Bonchev–Trinajstić information content (AvgIpc) is 2.85. The van der Waals surface area contributed by atoms with E-state index in [1.807, 2.05) is 29.8 Å². The van der Waals surface area contributed by atoms with E-state index in [0.29, 0.717) is 11.5 Å². The molecule has 0 amide bonds. The zero-order chi connectivity index (χ0) is 13.1. The van der Waals surface area contributed by atoms with Crippen molar-refractivity contribution >= 4 is 0 Å². The Balaban J connectivity index is 2.61. The quantitative estimate of drug-likeness (QED) is 0.828. The van der Waals surface area contributed by atoms with E-state index in [1.165, 1.54) is 0 Å². The molecule has 0 aliphatic heterocycles. The molecule has 4 heteroatoms. The minimum absolute atomic E-state index is 0.342. The molecule has 0 spiro atoms. The molecule has 2 aromatic heterocycles. The van der Waals surface area contributed by atoms with Crippen molar-refractivity contribution in [3.63, 3.8) is 0 Å². The van der Waals surface area contributed by atoms with E-state index in [0.717, 1.165) is 23.6 Å². The van der Waals surface area contributed by atoms with Crippen LogP contribution in [0.15, 0.2) is 24.4 Å². The molecule has 0 radical (unpaired) electrons. The Morgan fingerprint density at radius 2 is 2.11 bits per heavy atom. The summed E-state index contributed by atoms with van der Waals surface area (Å²) in [6.07, 6.45) is 1.74. The first kappa shape index (κ1) is 12.3. The molecule has 0 saturated carbocycles. The number of nitrogens with zero attached hydrogens (tertiary/aromatic N) is 4. The van der Waals surface area contributed by atoms with Gasteiger partial charge in [-0.25, -0.2) is 4.98 Å². The van der Waals surface area contributed by atoms with Crippen LogP contribution in [0.3, 0.4) is 0 Å². The van der Waals surface area contributed by atoms with Crippen LogP contribution in [0.2, 0.25) is 0 Å². The van der Waals surface area contributed by atoms with E-state index in [4.69, 9.17) is 0 Å². The van der Waals surface area contributed by atoms with Gasteiger partial charge < -0.3 is 0 Å². The summed E-state index contributed by atoms with van der Waals surface area (Å²) in [5.74, 6) is 0.342. The highest BCUT2D eigenvalue weighted by molar-refractivity contribution is 5.63. The Morgan fingerprint density at radius 1 is 1.33 bits per heavy atom. The lowest BCUT2D eigenvalue weighted by atomic mass is 10.1. The third-order valence-corrected chi connectivity index (χ3v) is 2.89. The summed E-state index contributed by atoms with van der Waals surface area (Å²) in [5.41, 5.74) is 3.21. The molecule has 0 saturated heterocycles. The predicted molar refractivity (Wildman–Crippen MR) is 69.9 cm³/mol. The zero-order valence-corrected chi connectivity index (χ0v) is 10.9. The highest BCUT2D eigenvalue weighted by atomic mass is 15.3. The number of aromatic nitrogens is 3. The lowest BCUT2D eigenvalue weighted by molar-refractivity contribution is 0.664. The molecule has 2 rings (SSSR count). The van der Waals surface area contributed by atoms with Crippen molar-refractivity contribution in [3.8, 4) is 17.5 Å². The average molecular weight is 240 g/mol. The molecule has 0 aromatic carbocycles. The van der Waals surface area contributed by atoms with Crippen molar-refractivity contribution in [1.29, 1.82) is 5.26 Å². The minimum Gasteiger partial charge on any atom is -0.264 e. The first-order chi connectivity index (χ1) is 8.67. The van der Waals surface area contributed by atoms with Gasteiger partial charge in [-0.1, -0.05) is 13.8 Å². The fourth-order valence-electron chi connectivity index (χ4n) is 1.87. The first-order valence-electron chi connectivity index (χ1n) is 6.10. The molecule has 2 aromatic rings. The number of hydrogen-bond acceptors (Lipinski definition) is 3. The van der Waals surface area contributed by atoms with E-state index < -0.39 is 0 Å². The van der Waals surface area contributed by atoms with Crippen LogP contribution in [0.25, 0.3) is 11.4 Å². The maximum Gasteiger partial charge on any atom is 0.106 e. The van der Waals surface area contributed by atoms with Crippen molar-refractivity contribution in [2.75, 3.05) is 0 Å². The number of pyridine rings is 1. The Labute approximate surface area is 107 Å². The van der Waals surface area contributed by atoms with Gasteiger partial charge in [0.05, 0.1) is 11.3 Å². The Hall–Kier alpha value is -2.15. The highest BCUT2D eigenvalue weighted by Gasteiger charge is 2.13. The summed E-state index contributed by atoms with van der Waals surface area (Å²) in [5, 5.41) is 13.4. The van der Waals surface area contributed by atoms with Crippen molar-refractivity contribution in [1.82, 2.24) is 14.8 Å². The van der Waals surface area contributed by atoms with E-state index >= 15 is 0 Å². The van der Waals surface area contributed by atoms with Crippen LogP contribution in [0, 0.1) is 11.3 Å². The molecule has 92 valence electrons. The van der Waals surface area contributed by atoms with Crippen LogP contribution in [0.5, 0.6) is 0 Å². The van der Waals surface area contributed by atoms with Gasteiger partial charge in [0, 0.05) is 18.4 Å². The van der Waals surface area contributed by atoms with Gasteiger partial charge in [-0.3, -0.25) is 4.68 Å². The summed E-state index contributed by atoms with van der Waals surface area (Å²) < 4.78 is 1.85. The maximum absolute atomic E-state index is 9.19. The Bertz CT molecular complexity index is 590. The van der Waals surface area contributed by atoms with E-state index in [-0.39, 0.29) is 0 Å². The van der Waals surface area contributed by atoms with Crippen molar-refractivity contribution in [2.24, 2.45) is 0 Å². The van der Waals surface area contributed by atoms with Gasteiger partial charge in [0.15, 0.2) is 0 Å². The molecule has 0 bridgehead atoms. The normalized spacial score (nSPS) is 10.6. The minimum atomic E-state index is 0.342. The van der Waals surface area contributed by atoms with Crippen molar-refractivity contribution in [3.05, 3.63) is 35.7 Å². The topological polar surface area (TPSA) is 54.5 Å². The fourth-order valence-corrected chi connectivity index (χ4v) is 1.87. The molecular formula is C14H16N4. The largest absolute Gasteiger partial charge is 0.264 e. The van der Waals surface area contributed by atoms with E-state index in [9.17, 15) is 5.26 Å². The third kappa shape index (κ3) is 2.12. The summed E-state index contributed by atoms with van der Waals surface area (Å²) in [6.45, 7) is 6.97. The predicted octanol–water partition coefficient (Wildman–Crippen LogP) is 2.96. The molecule has 0 aliphatic carbocycles. The van der Waals surface area contributed by atoms with Crippen LogP contribution in [-0.2, 0) is 6.54 Å². The van der Waals surface area contributed by atoms with Gasteiger partial charge in [-0.2, -0.15) is 10.4 Å². The first-order valence-corrected chi connectivity index (χ1v) is 6.10. The van der Waals surface area contributed by atoms with E-state index in [1.54, 1.807) is 6.20 Å². The molecule has 0 fully saturated rings. The Kier molecular flexibility index (Phi) is 3.42. The van der Waals surface area contributed by atoms with Crippen LogP contribution in [0.1, 0.15) is 37.9 Å². The second kappa shape index (κ2) is 5.01. The SMILES string of the molecule is CCn1nccc1-c1nc(C(C)C)ccc1C#N. The highest BCUT2D eigenvalue weighted by Crippen LogP contribution is 2.23. The summed E-state index contributed by atoms with van der Waals surface area (Å²) >= 11 is 0. The molecule has 0 unspecified atom stereocenters. The van der Waals surface area contributed by atoms with Gasteiger partial charge in [0.25, 0.3) is 0 Å². The van der Waals surface area contributed by atoms with Crippen molar-refractivity contribution < 1.29 is 0 Å². The monoisotopic (exact) mass is 240 g/mol. The maximum atomic E-state index is 9.19. The molecule has 0 N–H and O–H groups in total. The lowest BCUT2D eigenvalue weighted by Crippen LogP contribution is -2.03. The number of rotatable bonds is 3. The smallest absolute Gasteiger partial charge is 0.106 e. The second-order valence-electron chi connectivity index (χ2n) is 4.43. The molecule has 0 aliphatic rings. The van der Waals surface area contributed by atoms with Crippen LogP contribution in [-0.4, -0.2) is 14.8 Å². The fraction of sp³-hybridized carbons (Fsp3) is 0.357. The lowest BCUT2D eigenvalue weighted by Gasteiger charge is -2.10. The number of hydrogen-bond donors (Lipinski definition) is 0. The van der Waals surface area contributed by atoms with Gasteiger partial charge in [-0.05, 0) is 31.0 Å². The van der Waals surface area contributed by atoms with Gasteiger partial charge in [0.2, 0.25) is 0 Å². The van der Waals surface area contributed by atoms with E-state index in [2.05, 4.69) is 30.0 Å². The molecule has 2 heterocycles. The third-order valence-electron chi connectivity index (χ3n) is 2.89. The Morgan fingerprint density at radius 3 is 2.72 bits per heavy atom. The molecule has 18 heavy (non-hydrogen) atoms. The van der Waals surface area contributed by atoms with Gasteiger partial charge >= 0.3 is 0 Å². The zero-order valence-electron chi connectivity index (χ0n) is 10.9. The second-order valence-corrected chi connectivity index (χ2v) is 4.43. The van der Waals surface area contributed by atoms with Gasteiger partial charge in [0.1, 0.15) is 11.8 Å². The summed E-state index contributed by atoms with van der Waals surface area (Å²) in [6, 6.07) is 7.85. The van der Waals surface area contributed by atoms with Gasteiger partial charge in [-0.15, -0.1) is 0 Å². The van der Waals surface area contributed by atoms with Crippen molar-refractivity contribution in [2.45, 2.75) is 33.2 Å².